The van der Waals surface area contributed by atoms with Gasteiger partial charge >= 0.3 is 0 Å². The monoisotopic (exact) mass is 642 g/mol. The molecule has 0 bridgehead atoms. The highest BCUT2D eigenvalue weighted by molar-refractivity contribution is 6.27. The molecular weight excluding hydrogens is 607 g/mol. The number of nitrogens with zero attached hydrogens (tertiary/aromatic N) is 1. The molecule has 9 aromatic carbocycles. The van der Waals surface area contributed by atoms with Gasteiger partial charge < -0.3 is 9.64 Å². The van der Waals surface area contributed by atoms with E-state index in [0.29, 0.717) is 5.56 Å². The minimum Gasteiger partial charge on any atom is -0.469 e. The summed E-state index contributed by atoms with van der Waals surface area (Å²) < 4.78 is 49.2. The van der Waals surface area contributed by atoms with Crippen LogP contribution in [0, 0.1) is 0 Å². The maximum Gasteiger partial charge on any atom is 0.187 e. The zero-order valence-corrected chi connectivity index (χ0v) is 26.9. The Morgan fingerprint density at radius 1 is 0.500 bits per heavy atom. The second-order valence-corrected chi connectivity index (χ2v) is 13.2. The quantitative estimate of drug-likeness (QED) is 0.177. The number of hydrogen-bond donors (Lipinski definition) is 0. The van der Waals surface area contributed by atoms with Gasteiger partial charge in [0, 0.05) is 16.9 Å². The van der Waals surface area contributed by atoms with Crippen molar-refractivity contribution >= 4 is 43.7 Å². The molecule has 0 radical (unpaired) electrons. The zero-order chi connectivity index (χ0) is 37.1. The molecule has 0 spiro atoms. The Hall–Kier alpha value is -6.38. The summed E-state index contributed by atoms with van der Waals surface area (Å²) in [5.41, 5.74) is 9.94. The van der Waals surface area contributed by atoms with Gasteiger partial charge in [-0.1, -0.05) is 152 Å². The molecule has 0 fully saturated rings. The van der Waals surface area contributed by atoms with E-state index in [-0.39, 0.29) is 41.9 Å². The molecule has 0 amide bonds. The van der Waals surface area contributed by atoms with Crippen LogP contribution < -0.4 is 9.64 Å². The van der Waals surface area contributed by atoms with Crippen molar-refractivity contribution in [2.24, 2.45) is 0 Å². The number of benzene rings is 9. The van der Waals surface area contributed by atoms with Gasteiger partial charge in [-0.05, 0) is 95.5 Å². The van der Waals surface area contributed by atoms with E-state index in [1.165, 1.54) is 11.1 Å². The largest absolute Gasteiger partial charge is 0.469 e. The predicted molar refractivity (Wildman–Crippen MR) is 208 cm³/mol. The lowest BCUT2D eigenvalue weighted by atomic mass is 9.87. The van der Waals surface area contributed by atoms with Gasteiger partial charge in [0.25, 0.3) is 0 Å². The molecule has 0 aliphatic carbocycles. The number of hydrogen-bond acceptors (Lipinski definition) is 2. The average molecular weight is 643 g/mol. The summed E-state index contributed by atoms with van der Waals surface area (Å²) in [5, 5.41) is 6.15. The van der Waals surface area contributed by atoms with E-state index in [4.69, 9.17) is 11.6 Å². The minimum absolute atomic E-state index is 0.0754. The Morgan fingerprint density at radius 3 is 1.96 bits per heavy atom. The average Bonchev–Trinajstić information content (AvgIpc) is 3.76. The highest BCUT2D eigenvalue weighted by atomic mass is 16.5. The Labute approximate surface area is 297 Å². The fourth-order valence-corrected chi connectivity index (χ4v) is 8.45. The Bertz CT molecular complexity index is 3020. The van der Waals surface area contributed by atoms with E-state index < -0.39 is 6.04 Å². The first-order chi connectivity index (χ1) is 26.9. The van der Waals surface area contributed by atoms with Gasteiger partial charge in [0.2, 0.25) is 0 Å². The van der Waals surface area contributed by atoms with Crippen molar-refractivity contribution in [1.82, 2.24) is 0 Å². The molecule has 234 valence electrons. The van der Waals surface area contributed by atoms with Gasteiger partial charge in [-0.3, -0.25) is 0 Å². The summed E-state index contributed by atoms with van der Waals surface area (Å²) in [6.07, 6.45) is -0.227. The van der Waals surface area contributed by atoms with Crippen LogP contribution >= 0.6 is 0 Å². The van der Waals surface area contributed by atoms with Crippen LogP contribution in [-0.4, -0.2) is 6.23 Å². The van der Waals surface area contributed by atoms with E-state index in [9.17, 15) is 0 Å². The Balaban J connectivity index is 1.04. The first-order valence-electron chi connectivity index (χ1n) is 19.5. The van der Waals surface area contributed by atoms with Crippen LogP contribution in [0.3, 0.4) is 0 Å². The lowest BCUT2D eigenvalue weighted by molar-refractivity contribution is 0.234. The van der Waals surface area contributed by atoms with Crippen molar-refractivity contribution in [3.05, 3.63) is 187 Å². The molecule has 2 heteroatoms. The van der Waals surface area contributed by atoms with E-state index >= 15 is 0 Å². The fourth-order valence-electron chi connectivity index (χ4n) is 8.45. The molecule has 50 heavy (non-hydrogen) atoms. The summed E-state index contributed by atoms with van der Waals surface area (Å²) in [5.74, 6) is 0.994. The Kier molecular flexibility index (Phi) is 4.87. The predicted octanol–water partition coefficient (Wildman–Crippen LogP) is 12.6. The van der Waals surface area contributed by atoms with E-state index in [0.717, 1.165) is 71.7 Å². The first-order valence-corrected chi connectivity index (χ1v) is 17.0. The number of para-hydroxylation sites is 1. The SMILES string of the molecule is [2H]c1c([2H])c([2H])c(-c2ccc3ccc4c(-c5cccc(N6c7ccccc7C7c8ccc(-c9ccccc9)cc8OC76)c5)ccc5ccc2c3c54)c([2H])c1[2H]. The molecule has 0 saturated carbocycles. The molecule has 2 aliphatic rings. The molecule has 11 rings (SSSR count). The maximum atomic E-state index is 8.73. The summed E-state index contributed by atoms with van der Waals surface area (Å²) in [4.78, 5) is 2.34. The topological polar surface area (TPSA) is 12.5 Å². The van der Waals surface area contributed by atoms with Crippen molar-refractivity contribution in [2.45, 2.75) is 12.1 Å². The van der Waals surface area contributed by atoms with Crippen molar-refractivity contribution < 1.29 is 11.6 Å². The van der Waals surface area contributed by atoms with E-state index in [1.54, 1.807) is 0 Å². The van der Waals surface area contributed by atoms with Crippen LogP contribution in [0.5, 0.6) is 5.75 Å². The molecule has 0 N–H and O–H groups in total. The van der Waals surface area contributed by atoms with Gasteiger partial charge in [-0.15, -0.1) is 0 Å². The van der Waals surface area contributed by atoms with Gasteiger partial charge in [-0.2, -0.15) is 0 Å². The maximum absolute atomic E-state index is 8.73. The van der Waals surface area contributed by atoms with E-state index in [1.807, 2.05) is 24.3 Å². The standard InChI is InChI=1S/C48H31NO/c1-3-10-30(11-4-1)34-22-27-42-44(29-34)50-48-47(42)41-16-7-8-17-43(41)49(48)36-15-9-14-35(28-36)38-24-19-33-20-25-39-37(31-12-5-2-6-13-31)23-18-32-21-26-40(38)46(33)45(32)39/h1-29,47-48H/i2D,5D,6D,12D,13D. The number of anilines is 2. The highest BCUT2D eigenvalue weighted by Gasteiger charge is 2.47. The molecular formula is C48H31NO. The molecule has 0 saturated heterocycles. The second kappa shape index (κ2) is 10.6. The number of fused-ring (bicyclic) bond motifs is 5. The second-order valence-electron chi connectivity index (χ2n) is 13.2. The third kappa shape index (κ3) is 3.96. The lowest BCUT2D eigenvalue weighted by Crippen LogP contribution is -2.32. The van der Waals surface area contributed by atoms with Crippen LogP contribution in [0.1, 0.15) is 23.9 Å². The number of ether oxygens (including phenoxy) is 1. The van der Waals surface area contributed by atoms with Gasteiger partial charge in [0.15, 0.2) is 6.23 Å². The zero-order valence-electron chi connectivity index (χ0n) is 31.9. The van der Waals surface area contributed by atoms with Crippen molar-refractivity contribution in [3.63, 3.8) is 0 Å². The smallest absolute Gasteiger partial charge is 0.187 e. The summed E-state index contributed by atoms with van der Waals surface area (Å²) in [6.45, 7) is 0. The normalized spacial score (nSPS) is 17.5. The molecule has 9 aromatic rings. The minimum atomic E-state index is -0.391. The van der Waals surface area contributed by atoms with Crippen LogP contribution in [0.25, 0.3) is 65.7 Å². The van der Waals surface area contributed by atoms with E-state index in [2.05, 4.69) is 126 Å². The van der Waals surface area contributed by atoms with Crippen molar-refractivity contribution in [3.8, 4) is 39.1 Å². The van der Waals surface area contributed by atoms with Crippen molar-refractivity contribution in [1.29, 1.82) is 0 Å². The van der Waals surface area contributed by atoms with Gasteiger partial charge in [-0.25, -0.2) is 0 Å². The third-order valence-electron chi connectivity index (χ3n) is 10.6. The Morgan fingerprint density at radius 2 is 1.18 bits per heavy atom. The first kappa shape index (κ1) is 23.1. The fraction of sp³-hybridized carbons (Fsp3) is 0.0417. The lowest BCUT2D eigenvalue weighted by Gasteiger charge is -2.27. The van der Waals surface area contributed by atoms with Gasteiger partial charge in [0.1, 0.15) is 5.75 Å². The third-order valence-corrected chi connectivity index (χ3v) is 10.6. The number of rotatable bonds is 4. The van der Waals surface area contributed by atoms with Crippen LogP contribution in [0.2, 0.25) is 0 Å². The molecule has 2 heterocycles. The molecule has 2 atom stereocenters. The summed E-state index contributed by atoms with van der Waals surface area (Å²) >= 11 is 0. The van der Waals surface area contributed by atoms with Crippen molar-refractivity contribution in [2.75, 3.05) is 4.90 Å². The van der Waals surface area contributed by atoms with Crippen LogP contribution in [0.4, 0.5) is 11.4 Å². The van der Waals surface area contributed by atoms with Crippen LogP contribution in [0.15, 0.2) is 176 Å². The molecule has 2 unspecified atom stereocenters. The highest BCUT2D eigenvalue weighted by Crippen LogP contribution is 2.55. The van der Waals surface area contributed by atoms with Crippen LogP contribution in [-0.2, 0) is 0 Å². The van der Waals surface area contributed by atoms with Gasteiger partial charge in [0.05, 0.1) is 12.8 Å². The summed E-state index contributed by atoms with van der Waals surface area (Å²) in [6, 6.07) is 49.5. The molecule has 2 nitrogen and oxygen atoms in total. The molecule has 2 aliphatic heterocycles. The molecule has 0 aromatic heterocycles. The summed E-state index contributed by atoms with van der Waals surface area (Å²) in [7, 11) is 0.